The topological polar surface area (TPSA) is 186 Å². The number of carbonyl (C=O) groups is 3. The summed E-state index contributed by atoms with van der Waals surface area (Å²) >= 11 is 0. The molecule has 1 atom stereocenters. The lowest BCUT2D eigenvalue weighted by Gasteiger charge is -2.28. The Bertz CT molecular complexity index is 1810. The number of hydrogen-bond acceptors (Lipinski definition) is 12. The van der Waals surface area contributed by atoms with Crippen LogP contribution in [0.1, 0.15) is 81.6 Å². The molecule has 3 aromatic rings. The third kappa shape index (κ3) is 12.2. The highest BCUT2D eigenvalue weighted by molar-refractivity contribution is 5.99. The van der Waals surface area contributed by atoms with Crippen LogP contribution in [0, 0.1) is 0 Å². The molecule has 55 heavy (non-hydrogen) atoms. The van der Waals surface area contributed by atoms with Gasteiger partial charge in [-0.2, -0.15) is 28.1 Å². The molecule has 2 amide bonds. The minimum absolute atomic E-state index is 0.0246. The third-order valence-electron chi connectivity index (χ3n) is 8.59. The Morgan fingerprint density at radius 1 is 0.927 bits per heavy atom. The Morgan fingerprint density at radius 2 is 1.60 bits per heavy atom. The first-order valence-electron chi connectivity index (χ1n) is 18.1. The van der Waals surface area contributed by atoms with Crippen LogP contribution in [-0.2, 0) is 16.1 Å². The van der Waals surface area contributed by atoms with Gasteiger partial charge in [0.15, 0.2) is 12.1 Å². The summed E-state index contributed by atoms with van der Waals surface area (Å²) in [4.78, 5) is 52.6. The van der Waals surface area contributed by atoms with E-state index in [-0.39, 0.29) is 55.9 Å². The first kappa shape index (κ1) is 40.6. The number of benzene rings is 2. The number of fused-ring (bicyclic) bond motifs is 12. The SMILES string of the molecule is CC(C)(C)OC(=O)NC1(C(=O)O)CCN(C(=O)c2ccc3cc2OCCCCCCCCOc2ccc(cc2)CNc2nc(nc(OCC(F)(F)F)n2)N3)C1. The van der Waals surface area contributed by atoms with Crippen molar-refractivity contribution in [2.75, 3.05) is 43.5 Å². The summed E-state index contributed by atoms with van der Waals surface area (Å²) in [5.41, 5.74) is -1.35. The molecule has 0 aliphatic carbocycles. The second kappa shape index (κ2) is 17.7. The Hall–Kier alpha value is -5.55. The molecule has 1 unspecified atom stereocenters. The van der Waals surface area contributed by atoms with Gasteiger partial charge in [-0.25, -0.2) is 9.59 Å². The molecule has 15 nitrogen and oxygen atoms in total. The molecule has 1 fully saturated rings. The number of aromatic nitrogens is 3. The molecule has 0 saturated carbocycles. The number of carboxylic acid groups (broad SMARTS) is 1. The van der Waals surface area contributed by atoms with E-state index < -0.39 is 47.9 Å². The highest BCUT2D eigenvalue weighted by Gasteiger charge is 2.48. The summed E-state index contributed by atoms with van der Waals surface area (Å²) in [6, 6.07) is 11.3. The van der Waals surface area contributed by atoms with Crippen LogP contribution in [0.4, 0.5) is 35.5 Å². The number of amides is 2. The van der Waals surface area contributed by atoms with Gasteiger partial charge in [-0.1, -0.05) is 37.8 Å². The number of nitrogens with zero attached hydrogens (tertiary/aromatic N) is 4. The van der Waals surface area contributed by atoms with Crippen molar-refractivity contribution in [2.45, 2.75) is 89.6 Å². The van der Waals surface area contributed by atoms with E-state index in [2.05, 4.69) is 30.9 Å². The number of carboxylic acids is 1. The molecule has 6 bridgehead atoms. The predicted octanol–water partition coefficient (Wildman–Crippen LogP) is 6.47. The average Bonchev–Trinajstić information content (AvgIpc) is 3.54. The Labute approximate surface area is 316 Å². The maximum Gasteiger partial charge on any atom is 0.422 e. The van der Waals surface area contributed by atoms with Crippen molar-refractivity contribution in [3.8, 4) is 17.5 Å². The summed E-state index contributed by atoms with van der Waals surface area (Å²) in [7, 11) is 0. The number of likely N-dealkylation sites (tertiary alicyclic amines) is 1. The second-order valence-electron chi connectivity index (χ2n) is 14.3. The molecule has 3 aliphatic heterocycles. The van der Waals surface area contributed by atoms with Crippen molar-refractivity contribution in [3.05, 3.63) is 53.6 Å². The summed E-state index contributed by atoms with van der Waals surface area (Å²) in [6.07, 6.45) is -0.212. The summed E-state index contributed by atoms with van der Waals surface area (Å²) in [6.45, 7) is 4.08. The number of aliphatic carboxylic acids is 1. The number of anilines is 3. The van der Waals surface area contributed by atoms with Crippen LogP contribution in [0.25, 0.3) is 0 Å². The zero-order valence-electron chi connectivity index (χ0n) is 31.0. The molecule has 298 valence electrons. The Kier molecular flexibility index (Phi) is 13.1. The fourth-order valence-electron chi connectivity index (χ4n) is 5.88. The van der Waals surface area contributed by atoms with E-state index >= 15 is 0 Å². The van der Waals surface area contributed by atoms with Gasteiger partial charge < -0.3 is 44.9 Å². The number of alkyl halides is 3. The van der Waals surface area contributed by atoms with Crippen LogP contribution in [0.2, 0.25) is 0 Å². The molecule has 18 heteroatoms. The number of hydrogen-bond donors (Lipinski definition) is 4. The lowest BCUT2D eigenvalue weighted by Crippen LogP contribution is -2.57. The number of halogens is 3. The zero-order chi connectivity index (χ0) is 39.6. The van der Waals surface area contributed by atoms with Crippen molar-refractivity contribution in [1.82, 2.24) is 25.2 Å². The van der Waals surface area contributed by atoms with Gasteiger partial charge in [-0.3, -0.25) is 4.79 Å². The normalized spacial score (nSPS) is 18.5. The fraction of sp³-hybridized carbons (Fsp3) is 0.514. The Balaban J connectivity index is 1.41. The molecule has 1 saturated heterocycles. The van der Waals surface area contributed by atoms with Crippen molar-refractivity contribution >= 4 is 35.6 Å². The lowest BCUT2D eigenvalue weighted by atomic mass is 9.99. The fourth-order valence-corrected chi connectivity index (χ4v) is 5.88. The van der Waals surface area contributed by atoms with Crippen LogP contribution in [0.3, 0.4) is 0 Å². The third-order valence-corrected chi connectivity index (χ3v) is 8.59. The maximum atomic E-state index is 14.0. The summed E-state index contributed by atoms with van der Waals surface area (Å²) in [5.74, 6) is -1.17. The van der Waals surface area contributed by atoms with E-state index in [1.807, 2.05) is 24.3 Å². The van der Waals surface area contributed by atoms with Crippen molar-refractivity contribution < 1.29 is 51.6 Å². The number of ether oxygens (including phenoxy) is 4. The molecule has 1 aromatic heterocycles. The van der Waals surface area contributed by atoms with E-state index in [1.165, 1.54) is 23.1 Å². The molecular weight excluding hydrogens is 727 g/mol. The van der Waals surface area contributed by atoms with Gasteiger partial charge >= 0.3 is 24.2 Å². The summed E-state index contributed by atoms with van der Waals surface area (Å²) in [5, 5.41) is 18.5. The first-order chi connectivity index (χ1) is 26.1. The number of alkyl carbamates (subject to hydrolysis) is 1. The second-order valence-corrected chi connectivity index (χ2v) is 14.3. The van der Waals surface area contributed by atoms with Crippen LogP contribution in [0.15, 0.2) is 42.5 Å². The van der Waals surface area contributed by atoms with E-state index in [0.29, 0.717) is 18.7 Å². The highest BCUT2D eigenvalue weighted by atomic mass is 19.4. The molecule has 6 rings (SSSR count). The van der Waals surface area contributed by atoms with Crippen molar-refractivity contribution in [1.29, 1.82) is 0 Å². The van der Waals surface area contributed by atoms with Crippen LogP contribution < -0.4 is 30.2 Å². The van der Waals surface area contributed by atoms with Crippen molar-refractivity contribution in [3.63, 3.8) is 0 Å². The molecule has 2 aromatic carbocycles. The molecule has 4 heterocycles. The lowest BCUT2D eigenvalue weighted by molar-refractivity contribution is -0.154. The molecular formula is C37H46F3N7O8. The maximum absolute atomic E-state index is 14.0. The van der Waals surface area contributed by atoms with Gasteiger partial charge in [0.25, 0.3) is 5.91 Å². The number of rotatable bonds is 5. The Morgan fingerprint density at radius 3 is 2.27 bits per heavy atom. The van der Waals surface area contributed by atoms with Gasteiger partial charge in [0, 0.05) is 31.3 Å². The largest absolute Gasteiger partial charge is 0.494 e. The van der Waals surface area contributed by atoms with E-state index in [1.54, 1.807) is 20.8 Å². The smallest absolute Gasteiger partial charge is 0.422 e. The van der Waals surface area contributed by atoms with Crippen LogP contribution in [0.5, 0.6) is 17.5 Å². The van der Waals surface area contributed by atoms with Crippen molar-refractivity contribution in [2.24, 2.45) is 0 Å². The van der Waals surface area contributed by atoms with E-state index in [9.17, 15) is 32.7 Å². The number of carbonyl (C=O) groups excluding carboxylic acids is 2. The van der Waals surface area contributed by atoms with Gasteiger partial charge in [-0.05, 0) is 63.4 Å². The van der Waals surface area contributed by atoms with Gasteiger partial charge in [0.2, 0.25) is 11.9 Å². The number of nitrogens with one attached hydrogen (secondary N) is 3. The van der Waals surface area contributed by atoms with Gasteiger partial charge in [-0.15, -0.1) is 0 Å². The van der Waals surface area contributed by atoms with Crippen LogP contribution >= 0.6 is 0 Å². The summed E-state index contributed by atoms with van der Waals surface area (Å²) < 4.78 is 61.3. The monoisotopic (exact) mass is 773 g/mol. The average molecular weight is 774 g/mol. The predicted molar refractivity (Wildman–Crippen MR) is 194 cm³/mol. The zero-order valence-corrected chi connectivity index (χ0v) is 31.0. The van der Waals surface area contributed by atoms with E-state index in [4.69, 9.17) is 18.9 Å². The van der Waals surface area contributed by atoms with E-state index in [0.717, 1.165) is 43.4 Å². The minimum Gasteiger partial charge on any atom is -0.494 e. The molecule has 0 spiro atoms. The van der Waals surface area contributed by atoms with Gasteiger partial charge in [0.05, 0.1) is 25.3 Å². The minimum atomic E-state index is -4.64. The standard InChI is InChI=1S/C37H46F3N7O8/c1-35(2,3)55-34(51)46-36(30(49)50)16-17-47(22-36)29(48)27-15-12-25-20-28(27)53-19-9-7-5-4-6-8-18-52-26-13-10-24(11-14-26)21-41-31-43-32(42-25)45-33(44-31)54-23-37(38,39)40/h10-15,20H,4-9,16-19,21-23H2,1-3H3,(H,46,51)(H,49,50)(H2,41,42,43,44,45). The molecule has 3 aliphatic rings. The molecule has 4 N–H and O–H groups in total. The molecule has 0 radical (unpaired) electrons. The highest BCUT2D eigenvalue weighted by Crippen LogP contribution is 2.31. The quantitative estimate of drug-likeness (QED) is 0.221. The first-order valence-corrected chi connectivity index (χ1v) is 18.1. The van der Waals surface area contributed by atoms with Gasteiger partial charge in [0.1, 0.15) is 17.1 Å². The van der Waals surface area contributed by atoms with Crippen LogP contribution in [-0.4, -0.2) is 93.2 Å².